The lowest BCUT2D eigenvalue weighted by Crippen LogP contribution is -2.43. The Hall–Kier alpha value is -1.14. The molecular formula is C8H15N3O3. The normalized spacial score (nSPS) is 20.5. The van der Waals surface area contributed by atoms with E-state index >= 15 is 0 Å². The highest BCUT2D eigenvalue weighted by Crippen LogP contribution is 2.14. The van der Waals surface area contributed by atoms with E-state index in [9.17, 15) is 9.59 Å². The lowest BCUT2D eigenvalue weighted by Gasteiger charge is -2.07. The largest absolute Gasteiger partial charge is 0.381 e. The molecule has 0 aromatic carbocycles. The Labute approximate surface area is 82.1 Å². The van der Waals surface area contributed by atoms with Crippen molar-refractivity contribution in [1.29, 1.82) is 0 Å². The molecule has 1 atom stereocenters. The number of hydrazine groups is 1. The van der Waals surface area contributed by atoms with Gasteiger partial charge in [0.05, 0.1) is 0 Å². The van der Waals surface area contributed by atoms with Crippen LogP contribution in [-0.2, 0) is 14.3 Å². The van der Waals surface area contributed by atoms with E-state index in [2.05, 4.69) is 5.32 Å². The number of rotatable bonds is 3. The van der Waals surface area contributed by atoms with Gasteiger partial charge in [-0.3, -0.25) is 15.0 Å². The van der Waals surface area contributed by atoms with E-state index < -0.39 is 11.8 Å². The molecule has 6 nitrogen and oxygen atoms in total. The van der Waals surface area contributed by atoms with E-state index in [-0.39, 0.29) is 0 Å². The summed E-state index contributed by atoms with van der Waals surface area (Å²) in [6.45, 7) is 2.03. The van der Waals surface area contributed by atoms with Gasteiger partial charge in [-0.2, -0.15) is 0 Å². The molecule has 14 heavy (non-hydrogen) atoms. The van der Waals surface area contributed by atoms with Gasteiger partial charge in [0.2, 0.25) is 0 Å². The van der Waals surface area contributed by atoms with Crippen molar-refractivity contribution in [3.8, 4) is 0 Å². The summed E-state index contributed by atoms with van der Waals surface area (Å²) in [5.74, 6) is 3.78. The number of nitrogens with one attached hydrogen (secondary N) is 2. The van der Waals surface area contributed by atoms with Crippen molar-refractivity contribution < 1.29 is 14.3 Å². The van der Waals surface area contributed by atoms with Crippen molar-refractivity contribution in [2.24, 2.45) is 11.8 Å². The number of carbonyl (C=O) groups excluding carboxylic acids is 2. The number of hydrogen-bond donors (Lipinski definition) is 3. The summed E-state index contributed by atoms with van der Waals surface area (Å²) in [6.07, 6.45) is 1.86. The Balaban J connectivity index is 2.08. The van der Waals surface area contributed by atoms with Crippen LogP contribution in [0.2, 0.25) is 0 Å². The van der Waals surface area contributed by atoms with Gasteiger partial charge in [-0.05, 0) is 18.8 Å². The van der Waals surface area contributed by atoms with E-state index in [1.807, 2.05) is 0 Å². The molecule has 1 saturated heterocycles. The van der Waals surface area contributed by atoms with Gasteiger partial charge in [0, 0.05) is 19.8 Å². The molecule has 1 unspecified atom stereocenters. The van der Waals surface area contributed by atoms with E-state index in [1.54, 1.807) is 5.43 Å². The molecule has 80 valence electrons. The predicted molar refractivity (Wildman–Crippen MR) is 48.9 cm³/mol. The fourth-order valence-corrected chi connectivity index (χ4v) is 1.35. The molecule has 0 aromatic heterocycles. The van der Waals surface area contributed by atoms with Crippen molar-refractivity contribution >= 4 is 11.8 Å². The molecular weight excluding hydrogens is 186 g/mol. The Morgan fingerprint density at radius 3 is 2.79 bits per heavy atom. The fraction of sp³-hybridized carbons (Fsp3) is 0.750. The van der Waals surface area contributed by atoms with Crippen LogP contribution >= 0.6 is 0 Å². The maximum Gasteiger partial charge on any atom is 0.323 e. The van der Waals surface area contributed by atoms with Crippen molar-refractivity contribution in [1.82, 2.24) is 10.7 Å². The molecule has 6 heteroatoms. The quantitative estimate of drug-likeness (QED) is 0.225. The van der Waals surface area contributed by atoms with Gasteiger partial charge >= 0.3 is 11.8 Å². The average molecular weight is 201 g/mol. The third-order valence-corrected chi connectivity index (χ3v) is 2.20. The van der Waals surface area contributed by atoms with Crippen LogP contribution in [0.25, 0.3) is 0 Å². The minimum Gasteiger partial charge on any atom is -0.381 e. The molecule has 0 spiro atoms. The maximum atomic E-state index is 10.9. The predicted octanol–water partition coefficient (Wildman–Crippen LogP) is -1.48. The Morgan fingerprint density at radius 1 is 1.43 bits per heavy atom. The van der Waals surface area contributed by atoms with Gasteiger partial charge in [0.1, 0.15) is 0 Å². The van der Waals surface area contributed by atoms with Gasteiger partial charge < -0.3 is 10.1 Å². The number of nitrogens with two attached hydrogens (primary N) is 1. The molecule has 1 aliphatic heterocycles. The molecule has 0 bridgehead atoms. The molecule has 0 radical (unpaired) electrons. The molecule has 0 aliphatic carbocycles. The van der Waals surface area contributed by atoms with Gasteiger partial charge in [-0.25, -0.2) is 5.84 Å². The first-order valence-corrected chi connectivity index (χ1v) is 4.60. The first kappa shape index (κ1) is 10.9. The van der Waals surface area contributed by atoms with Crippen LogP contribution in [0.4, 0.5) is 0 Å². The summed E-state index contributed by atoms with van der Waals surface area (Å²) >= 11 is 0. The molecule has 0 saturated carbocycles. The number of ether oxygens (including phenoxy) is 1. The maximum absolute atomic E-state index is 10.9. The van der Waals surface area contributed by atoms with E-state index in [0.29, 0.717) is 12.5 Å². The lowest BCUT2D eigenvalue weighted by atomic mass is 10.1. The van der Waals surface area contributed by atoms with Crippen molar-refractivity contribution in [3.05, 3.63) is 0 Å². The first-order valence-electron chi connectivity index (χ1n) is 4.60. The molecule has 1 rings (SSSR count). The van der Waals surface area contributed by atoms with Gasteiger partial charge in [-0.1, -0.05) is 0 Å². The summed E-state index contributed by atoms with van der Waals surface area (Å²) in [5, 5.41) is 2.47. The number of hydrogen-bond acceptors (Lipinski definition) is 4. The SMILES string of the molecule is NNC(=O)C(=O)NCCC1CCOC1. The summed E-state index contributed by atoms with van der Waals surface area (Å²) in [7, 11) is 0. The van der Waals surface area contributed by atoms with Gasteiger partial charge in [-0.15, -0.1) is 0 Å². The van der Waals surface area contributed by atoms with E-state index in [4.69, 9.17) is 10.6 Å². The Kier molecular flexibility index (Phi) is 4.34. The molecule has 0 aromatic rings. The summed E-state index contributed by atoms with van der Waals surface area (Å²) in [6, 6.07) is 0. The minimum atomic E-state index is -0.812. The zero-order valence-electron chi connectivity index (χ0n) is 7.91. The first-order chi connectivity index (χ1) is 6.74. The summed E-state index contributed by atoms with van der Waals surface area (Å²) in [4.78, 5) is 21.6. The van der Waals surface area contributed by atoms with Crippen molar-refractivity contribution in [2.75, 3.05) is 19.8 Å². The van der Waals surface area contributed by atoms with Crippen LogP contribution in [0.1, 0.15) is 12.8 Å². The average Bonchev–Trinajstić information content (AvgIpc) is 2.69. The number of carbonyl (C=O) groups is 2. The zero-order valence-corrected chi connectivity index (χ0v) is 7.91. The summed E-state index contributed by atoms with van der Waals surface area (Å²) < 4.78 is 5.17. The highest BCUT2D eigenvalue weighted by Gasteiger charge is 2.16. The Morgan fingerprint density at radius 2 is 2.21 bits per heavy atom. The molecule has 1 fully saturated rings. The fourth-order valence-electron chi connectivity index (χ4n) is 1.35. The van der Waals surface area contributed by atoms with Gasteiger partial charge in [0.15, 0.2) is 0 Å². The second-order valence-electron chi connectivity index (χ2n) is 3.25. The van der Waals surface area contributed by atoms with Crippen LogP contribution in [0.15, 0.2) is 0 Å². The second kappa shape index (κ2) is 5.56. The molecule has 2 amide bonds. The zero-order chi connectivity index (χ0) is 10.4. The number of amides is 2. The lowest BCUT2D eigenvalue weighted by molar-refractivity contribution is -0.139. The van der Waals surface area contributed by atoms with Crippen LogP contribution in [-0.4, -0.2) is 31.6 Å². The van der Waals surface area contributed by atoms with Crippen LogP contribution in [0.3, 0.4) is 0 Å². The van der Waals surface area contributed by atoms with Crippen molar-refractivity contribution in [2.45, 2.75) is 12.8 Å². The minimum absolute atomic E-state index is 0.486. The highest BCUT2D eigenvalue weighted by molar-refractivity contribution is 6.34. The second-order valence-corrected chi connectivity index (χ2v) is 3.25. The molecule has 1 aliphatic rings. The van der Waals surface area contributed by atoms with E-state index in [1.165, 1.54) is 0 Å². The van der Waals surface area contributed by atoms with Gasteiger partial charge in [0.25, 0.3) is 0 Å². The molecule has 4 N–H and O–H groups in total. The molecule has 1 heterocycles. The third kappa shape index (κ3) is 3.31. The summed E-state index contributed by atoms with van der Waals surface area (Å²) in [5.41, 5.74) is 1.77. The third-order valence-electron chi connectivity index (χ3n) is 2.20. The standard InChI is InChI=1S/C8H15N3O3/c9-11-8(13)7(12)10-3-1-6-2-4-14-5-6/h6H,1-5,9H2,(H,10,12)(H,11,13). The van der Waals surface area contributed by atoms with Crippen LogP contribution in [0, 0.1) is 5.92 Å². The van der Waals surface area contributed by atoms with Crippen LogP contribution < -0.4 is 16.6 Å². The Bertz CT molecular complexity index is 214. The van der Waals surface area contributed by atoms with Crippen LogP contribution in [0.5, 0.6) is 0 Å². The topological polar surface area (TPSA) is 93.5 Å². The highest BCUT2D eigenvalue weighted by atomic mass is 16.5. The van der Waals surface area contributed by atoms with Crippen molar-refractivity contribution in [3.63, 3.8) is 0 Å². The van der Waals surface area contributed by atoms with E-state index in [0.717, 1.165) is 26.1 Å². The monoisotopic (exact) mass is 201 g/mol. The smallest absolute Gasteiger partial charge is 0.323 e.